The molecule has 80 valence electrons. The monoisotopic (exact) mass is 196 g/mol. The minimum Gasteiger partial charge on any atom is -0.469 e. The van der Waals surface area contributed by atoms with Gasteiger partial charge in [0.25, 0.3) is 0 Å². The molecule has 0 saturated carbocycles. The van der Waals surface area contributed by atoms with Gasteiger partial charge < -0.3 is 4.74 Å². The van der Waals surface area contributed by atoms with Crippen LogP contribution >= 0.6 is 0 Å². The zero-order chi connectivity index (χ0) is 10.8. The van der Waals surface area contributed by atoms with Gasteiger partial charge >= 0.3 is 5.97 Å². The Morgan fingerprint density at radius 3 is 2.57 bits per heavy atom. The van der Waals surface area contributed by atoms with E-state index in [9.17, 15) is 4.79 Å². The van der Waals surface area contributed by atoms with Crippen LogP contribution in [0.3, 0.4) is 0 Å². The Hall–Kier alpha value is -0.790. The lowest BCUT2D eigenvalue weighted by molar-refractivity contribution is -0.148. The smallest absolute Gasteiger partial charge is 0.309 e. The van der Waals surface area contributed by atoms with Crippen LogP contribution in [-0.4, -0.2) is 13.1 Å². The molecule has 0 amide bonds. The first-order valence-corrected chi connectivity index (χ1v) is 5.21. The minimum atomic E-state index is -0.0609. The fourth-order valence-electron chi connectivity index (χ4n) is 2.14. The highest BCUT2D eigenvalue weighted by molar-refractivity contribution is 5.73. The summed E-state index contributed by atoms with van der Waals surface area (Å²) in [5, 5.41) is 0. The highest BCUT2D eigenvalue weighted by Crippen LogP contribution is 2.38. The zero-order valence-electron chi connectivity index (χ0n) is 9.54. The van der Waals surface area contributed by atoms with Crippen molar-refractivity contribution in [3.8, 4) is 0 Å². The van der Waals surface area contributed by atoms with Crippen LogP contribution in [0.2, 0.25) is 0 Å². The van der Waals surface area contributed by atoms with Gasteiger partial charge in [0, 0.05) is 0 Å². The molecule has 0 heterocycles. The van der Waals surface area contributed by atoms with E-state index >= 15 is 0 Å². The van der Waals surface area contributed by atoms with E-state index in [0.29, 0.717) is 5.92 Å². The predicted molar refractivity (Wildman–Crippen MR) is 56.8 cm³/mol. The van der Waals surface area contributed by atoms with Gasteiger partial charge in [-0.3, -0.25) is 4.79 Å². The molecule has 0 N–H and O–H groups in total. The highest BCUT2D eigenvalue weighted by Gasteiger charge is 2.36. The Bertz CT molecular complexity index is 235. The number of hydrogen-bond acceptors (Lipinski definition) is 2. The lowest BCUT2D eigenvalue weighted by Gasteiger charge is -2.35. The first-order valence-electron chi connectivity index (χ1n) is 5.21. The highest BCUT2D eigenvalue weighted by atomic mass is 16.5. The van der Waals surface area contributed by atoms with E-state index in [2.05, 4.69) is 32.9 Å². The topological polar surface area (TPSA) is 26.3 Å². The molecule has 0 aromatic rings. The van der Waals surface area contributed by atoms with Crippen molar-refractivity contribution in [3.63, 3.8) is 0 Å². The molecule has 2 nitrogen and oxygen atoms in total. The molecule has 0 saturated heterocycles. The number of carbonyl (C=O) groups excluding carboxylic acids is 1. The van der Waals surface area contributed by atoms with Crippen molar-refractivity contribution >= 4 is 5.97 Å². The molecule has 0 aromatic heterocycles. The molecule has 14 heavy (non-hydrogen) atoms. The third kappa shape index (κ3) is 2.37. The second-order valence-corrected chi connectivity index (χ2v) is 5.03. The SMILES string of the molecule is COC(=O)[C@H]1CCC=C[C@@H]1C(C)(C)C. The van der Waals surface area contributed by atoms with Gasteiger partial charge in [0.05, 0.1) is 13.0 Å². The summed E-state index contributed by atoms with van der Waals surface area (Å²) < 4.78 is 4.84. The van der Waals surface area contributed by atoms with Crippen LogP contribution in [0.25, 0.3) is 0 Å². The fraction of sp³-hybridized carbons (Fsp3) is 0.750. The van der Waals surface area contributed by atoms with Crippen LogP contribution in [0.5, 0.6) is 0 Å². The van der Waals surface area contributed by atoms with Gasteiger partial charge in [0.1, 0.15) is 0 Å². The number of rotatable bonds is 1. The van der Waals surface area contributed by atoms with E-state index in [4.69, 9.17) is 4.74 Å². The average Bonchev–Trinajstić information content (AvgIpc) is 2.15. The van der Waals surface area contributed by atoms with Gasteiger partial charge in [-0.1, -0.05) is 32.9 Å². The first-order chi connectivity index (χ1) is 6.46. The van der Waals surface area contributed by atoms with Gasteiger partial charge in [-0.15, -0.1) is 0 Å². The number of hydrogen-bond donors (Lipinski definition) is 0. The maximum absolute atomic E-state index is 11.6. The minimum absolute atomic E-state index is 0.0463. The van der Waals surface area contributed by atoms with Crippen LogP contribution < -0.4 is 0 Å². The number of methoxy groups -OCH3 is 1. The normalized spacial score (nSPS) is 27.4. The summed E-state index contributed by atoms with van der Waals surface area (Å²) in [6.45, 7) is 6.51. The van der Waals surface area contributed by atoms with Crippen molar-refractivity contribution in [2.24, 2.45) is 17.3 Å². The summed E-state index contributed by atoms with van der Waals surface area (Å²) in [6, 6.07) is 0. The number of allylic oxidation sites excluding steroid dienone is 2. The summed E-state index contributed by atoms with van der Waals surface area (Å²) in [6.07, 6.45) is 6.26. The molecular formula is C12H20O2. The Morgan fingerprint density at radius 2 is 2.07 bits per heavy atom. The molecule has 0 aliphatic heterocycles. The van der Waals surface area contributed by atoms with E-state index in [0.717, 1.165) is 12.8 Å². The molecule has 0 spiro atoms. The Morgan fingerprint density at radius 1 is 1.43 bits per heavy atom. The first kappa shape index (κ1) is 11.3. The number of esters is 1. The van der Waals surface area contributed by atoms with E-state index in [1.807, 2.05) is 0 Å². The molecule has 1 rings (SSSR count). The van der Waals surface area contributed by atoms with Crippen LogP contribution in [0.15, 0.2) is 12.2 Å². The van der Waals surface area contributed by atoms with E-state index < -0.39 is 0 Å². The zero-order valence-corrected chi connectivity index (χ0v) is 9.54. The van der Waals surface area contributed by atoms with Gasteiger partial charge in [-0.05, 0) is 24.2 Å². The van der Waals surface area contributed by atoms with Gasteiger partial charge in [-0.2, -0.15) is 0 Å². The molecule has 0 radical (unpaired) electrons. The molecule has 1 aliphatic rings. The van der Waals surface area contributed by atoms with Crippen LogP contribution in [0, 0.1) is 17.3 Å². The van der Waals surface area contributed by atoms with E-state index in [1.54, 1.807) is 0 Å². The van der Waals surface area contributed by atoms with Crippen molar-refractivity contribution in [2.45, 2.75) is 33.6 Å². The van der Waals surface area contributed by atoms with Crippen molar-refractivity contribution in [3.05, 3.63) is 12.2 Å². The summed E-state index contributed by atoms with van der Waals surface area (Å²) in [4.78, 5) is 11.6. The Labute approximate surface area is 86.3 Å². The summed E-state index contributed by atoms with van der Waals surface area (Å²) in [5.74, 6) is 0.294. The number of carbonyl (C=O) groups is 1. The molecule has 0 bridgehead atoms. The molecule has 2 atom stereocenters. The maximum Gasteiger partial charge on any atom is 0.309 e. The molecule has 0 unspecified atom stereocenters. The fourth-order valence-corrected chi connectivity index (χ4v) is 2.14. The quantitative estimate of drug-likeness (QED) is 0.476. The predicted octanol–water partition coefficient (Wildman–Crippen LogP) is 2.79. The summed E-state index contributed by atoms with van der Waals surface area (Å²) in [5.41, 5.74) is 0.135. The molecule has 0 fully saturated rings. The summed E-state index contributed by atoms with van der Waals surface area (Å²) >= 11 is 0. The third-order valence-corrected chi connectivity index (χ3v) is 2.93. The van der Waals surface area contributed by atoms with Crippen molar-refractivity contribution < 1.29 is 9.53 Å². The van der Waals surface area contributed by atoms with Crippen molar-refractivity contribution in [2.75, 3.05) is 7.11 Å². The lowest BCUT2D eigenvalue weighted by atomic mass is 9.69. The average molecular weight is 196 g/mol. The summed E-state index contributed by atoms with van der Waals surface area (Å²) in [7, 11) is 1.47. The van der Waals surface area contributed by atoms with E-state index in [-0.39, 0.29) is 17.3 Å². The Kier molecular flexibility index (Phi) is 3.35. The second kappa shape index (κ2) is 4.16. The molecule has 0 aromatic carbocycles. The largest absolute Gasteiger partial charge is 0.469 e. The second-order valence-electron chi connectivity index (χ2n) is 5.03. The van der Waals surface area contributed by atoms with Gasteiger partial charge in [0.2, 0.25) is 0 Å². The Balaban J connectivity index is 2.83. The lowest BCUT2D eigenvalue weighted by Crippen LogP contribution is -2.34. The molecule has 2 heteroatoms. The van der Waals surface area contributed by atoms with Crippen molar-refractivity contribution in [1.29, 1.82) is 0 Å². The van der Waals surface area contributed by atoms with Gasteiger partial charge in [0.15, 0.2) is 0 Å². The third-order valence-electron chi connectivity index (χ3n) is 2.93. The van der Waals surface area contributed by atoms with Crippen LogP contribution in [0.4, 0.5) is 0 Å². The number of ether oxygens (including phenoxy) is 1. The standard InChI is InChI=1S/C12H20O2/c1-12(2,3)10-8-6-5-7-9(10)11(13)14-4/h6,8-10H,5,7H2,1-4H3/t9-,10-/m0/s1. The van der Waals surface area contributed by atoms with Crippen LogP contribution in [-0.2, 0) is 9.53 Å². The molecule has 1 aliphatic carbocycles. The van der Waals surface area contributed by atoms with Gasteiger partial charge in [-0.25, -0.2) is 0 Å². The van der Waals surface area contributed by atoms with E-state index in [1.165, 1.54) is 7.11 Å². The van der Waals surface area contributed by atoms with Crippen LogP contribution in [0.1, 0.15) is 33.6 Å². The van der Waals surface area contributed by atoms with Crippen molar-refractivity contribution in [1.82, 2.24) is 0 Å². The maximum atomic E-state index is 11.6. The molecular weight excluding hydrogens is 176 g/mol.